The zero-order valence-electron chi connectivity index (χ0n) is 19.0. The van der Waals surface area contributed by atoms with Crippen LogP contribution in [0, 0.1) is 5.92 Å². The Hall–Kier alpha value is -0.820. The molecule has 2 aliphatic rings. The van der Waals surface area contributed by atoms with Crippen LogP contribution in [0.2, 0.25) is 0 Å². The van der Waals surface area contributed by atoms with Gasteiger partial charge in [0, 0.05) is 24.2 Å². The second kappa shape index (κ2) is 11.5. The molecule has 0 radical (unpaired) electrons. The van der Waals surface area contributed by atoms with Crippen molar-refractivity contribution in [3.63, 3.8) is 0 Å². The van der Waals surface area contributed by atoms with Gasteiger partial charge in [-0.05, 0) is 32.1 Å². The van der Waals surface area contributed by atoms with Crippen molar-refractivity contribution < 1.29 is 24.9 Å². The van der Waals surface area contributed by atoms with E-state index in [0.29, 0.717) is 11.1 Å². The molecule has 182 valence electrons. The molecular formula is C21H36N4O5S2. The van der Waals surface area contributed by atoms with E-state index in [1.807, 2.05) is 14.0 Å². The number of hydrogen-bond acceptors (Lipinski definition) is 9. The lowest BCUT2D eigenvalue weighted by Gasteiger charge is -2.44. The van der Waals surface area contributed by atoms with Crippen LogP contribution in [0.25, 0.3) is 0 Å². The first-order valence-corrected chi connectivity index (χ1v) is 13.3. The van der Waals surface area contributed by atoms with E-state index < -0.39 is 35.9 Å². The van der Waals surface area contributed by atoms with Crippen molar-refractivity contribution in [1.29, 1.82) is 0 Å². The van der Waals surface area contributed by atoms with Crippen molar-refractivity contribution in [3.8, 4) is 0 Å². The molecule has 0 bridgehead atoms. The molecule has 1 amide bonds. The van der Waals surface area contributed by atoms with Gasteiger partial charge in [-0.15, -0.1) is 11.8 Å². The minimum Gasteiger partial charge on any atom is -0.388 e. The summed E-state index contributed by atoms with van der Waals surface area (Å²) in [5.41, 5.74) is -0.707. The lowest BCUT2D eigenvalue weighted by atomic mass is 9.92. The van der Waals surface area contributed by atoms with Gasteiger partial charge in [0.2, 0.25) is 5.91 Å². The van der Waals surface area contributed by atoms with E-state index in [1.54, 1.807) is 18.6 Å². The molecule has 2 fully saturated rings. The molecule has 11 heteroatoms. The third-order valence-corrected chi connectivity index (χ3v) is 8.38. The maximum atomic E-state index is 13.3. The van der Waals surface area contributed by atoms with Gasteiger partial charge in [-0.2, -0.15) is 0 Å². The first kappa shape index (κ1) is 25.8. The minimum absolute atomic E-state index is 0.111. The van der Waals surface area contributed by atoms with E-state index in [1.165, 1.54) is 23.5 Å². The molecule has 0 unspecified atom stereocenters. The molecule has 1 aromatic rings. The molecule has 32 heavy (non-hydrogen) atoms. The number of aromatic amines is 1. The van der Waals surface area contributed by atoms with Crippen LogP contribution in [0.5, 0.6) is 0 Å². The van der Waals surface area contributed by atoms with E-state index in [-0.39, 0.29) is 17.2 Å². The smallest absolute Gasteiger partial charge is 0.237 e. The fourth-order valence-electron chi connectivity index (χ4n) is 4.69. The van der Waals surface area contributed by atoms with Crippen molar-refractivity contribution in [1.82, 2.24) is 20.2 Å². The predicted octanol–water partition coefficient (Wildman–Crippen LogP) is 0.666. The Morgan fingerprint density at radius 1 is 1.38 bits per heavy atom. The van der Waals surface area contributed by atoms with Crippen molar-refractivity contribution in [2.24, 2.45) is 5.92 Å². The van der Waals surface area contributed by atoms with Gasteiger partial charge >= 0.3 is 0 Å². The second-order valence-corrected chi connectivity index (χ2v) is 11.1. The molecule has 0 spiro atoms. The average Bonchev–Trinajstić information content (AvgIpc) is 3.40. The number of ether oxygens (including phenoxy) is 1. The Labute approximate surface area is 198 Å². The van der Waals surface area contributed by atoms with Crippen LogP contribution in [0.15, 0.2) is 17.6 Å². The zero-order chi connectivity index (χ0) is 23.4. The van der Waals surface area contributed by atoms with E-state index in [0.717, 1.165) is 25.8 Å². The molecule has 3 rings (SSSR count). The van der Waals surface area contributed by atoms with Gasteiger partial charge in [0.05, 0.1) is 12.1 Å². The number of carbonyl (C=O) groups is 1. The normalized spacial score (nSPS) is 35.5. The molecule has 1 aromatic heterocycles. The molecule has 0 aromatic carbocycles. The summed E-state index contributed by atoms with van der Waals surface area (Å²) in [7, 11) is 1.96. The van der Waals surface area contributed by atoms with Crippen LogP contribution in [0.1, 0.15) is 33.1 Å². The number of hydrogen-bond donors (Lipinski definition) is 5. The summed E-state index contributed by atoms with van der Waals surface area (Å²) in [6, 6.07) is -0.856. The van der Waals surface area contributed by atoms with Gasteiger partial charge in [0.25, 0.3) is 0 Å². The third kappa shape index (κ3) is 5.81. The maximum Gasteiger partial charge on any atom is 0.237 e. The van der Waals surface area contributed by atoms with Crippen LogP contribution >= 0.6 is 23.5 Å². The summed E-state index contributed by atoms with van der Waals surface area (Å²) >= 11 is 2.68. The van der Waals surface area contributed by atoms with E-state index in [4.69, 9.17) is 4.74 Å². The van der Waals surface area contributed by atoms with Gasteiger partial charge in [0.1, 0.15) is 29.9 Å². The highest BCUT2D eigenvalue weighted by Gasteiger charge is 2.49. The van der Waals surface area contributed by atoms with Crippen LogP contribution in [0.4, 0.5) is 0 Å². The highest BCUT2D eigenvalue weighted by molar-refractivity contribution is 7.99. The summed E-state index contributed by atoms with van der Waals surface area (Å²) < 4.78 is 6.01. The number of likely N-dealkylation sites (N-methyl/N-ethyl adjacent to an activating group) is 1. The number of rotatable bonds is 9. The van der Waals surface area contributed by atoms with Crippen molar-refractivity contribution in [2.75, 3.05) is 19.8 Å². The van der Waals surface area contributed by atoms with Gasteiger partial charge < -0.3 is 30.4 Å². The molecule has 3 heterocycles. The number of aliphatic hydroxyl groups excluding tert-OH is 3. The molecule has 0 aliphatic carbocycles. The van der Waals surface area contributed by atoms with E-state index in [2.05, 4.69) is 27.1 Å². The fourth-order valence-corrected chi connectivity index (χ4v) is 6.35. The summed E-state index contributed by atoms with van der Waals surface area (Å²) in [5.74, 6) is 0.378. The molecular weight excluding hydrogens is 452 g/mol. The monoisotopic (exact) mass is 488 g/mol. The Balaban J connectivity index is 1.80. The number of H-pyrrole nitrogens is 1. The molecule has 9 atom stereocenters. The number of imidazole rings is 1. The van der Waals surface area contributed by atoms with Crippen LogP contribution in [-0.4, -0.2) is 103 Å². The largest absolute Gasteiger partial charge is 0.388 e. The van der Waals surface area contributed by atoms with Gasteiger partial charge in [-0.25, -0.2) is 4.98 Å². The Morgan fingerprint density at radius 2 is 2.12 bits per heavy atom. The zero-order valence-corrected chi connectivity index (χ0v) is 20.7. The van der Waals surface area contributed by atoms with Crippen molar-refractivity contribution >= 4 is 29.4 Å². The number of thioether (sulfide) groups is 2. The summed E-state index contributed by atoms with van der Waals surface area (Å²) in [4.78, 5) is 22.7. The molecule has 0 saturated carbocycles. The van der Waals surface area contributed by atoms with Gasteiger partial charge in [0.15, 0.2) is 5.16 Å². The number of aliphatic hydroxyl groups is 3. The number of nitrogens with one attached hydrogen (secondary N) is 2. The highest BCUT2D eigenvalue weighted by Crippen LogP contribution is 2.33. The van der Waals surface area contributed by atoms with E-state index >= 15 is 0 Å². The standard InChI is InChI=1S/C21H36N4O5S2/c1-5-6-12-9-13(25(3)10-12)19(29)24-14(11(2)32-21-22-7-8-23-21)18-16(27)15(26)17(28)20(30-18)31-4/h7-8,11-18,20,26-28H,5-6,9-10H2,1-4H3,(H,22,23)(H,24,29)/t11-,12+,13-,14+,15-,16+,17+,18+,20+/m0/s1. The fraction of sp³-hybridized carbons (Fsp3) is 0.810. The molecule has 2 saturated heterocycles. The lowest BCUT2D eigenvalue weighted by Crippen LogP contribution is -2.65. The second-order valence-electron chi connectivity index (χ2n) is 8.77. The van der Waals surface area contributed by atoms with Crippen LogP contribution in [0.3, 0.4) is 0 Å². The molecule has 5 N–H and O–H groups in total. The predicted molar refractivity (Wildman–Crippen MR) is 125 cm³/mol. The quantitative estimate of drug-likeness (QED) is 0.318. The summed E-state index contributed by atoms with van der Waals surface area (Å²) in [5, 5.41) is 35.0. The van der Waals surface area contributed by atoms with Crippen molar-refractivity contribution in [2.45, 2.75) is 85.5 Å². The van der Waals surface area contributed by atoms with E-state index in [9.17, 15) is 20.1 Å². The molecule has 9 nitrogen and oxygen atoms in total. The number of carbonyl (C=O) groups excluding carboxylic acids is 1. The van der Waals surface area contributed by atoms with Crippen LogP contribution < -0.4 is 5.32 Å². The van der Waals surface area contributed by atoms with Gasteiger partial charge in [-0.1, -0.05) is 32.0 Å². The van der Waals surface area contributed by atoms with Crippen LogP contribution in [-0.2, 0) is 9.53 Å². The first-order valence-electron chi connectivity index (χ1n) is 11.2. The Bertz CT molecular complexity index is 725. The lowest BCUT2D eigenvalue weighted by molar-refractivity contribution is -0.205. The average molecular weight is 489 g/mol. The summed E-state index contributed by atoms with van der Waals surface area (Å²) in [6.45, 7) is 4.97. The first-order chi connectivity index (χ1) is 15.3. The summed E-state index contributed by atoms with van der Waals surface area (Å²) in [6.07, 6.45) is 3.32. The highest BCUT2D eigenvalue weighted by atomic mass is 32.2. The number of likely N-dealkylation sites (tertiary alicyclic amines) is 1. The molecule has 2 aliphatic heterocycles. The maximum absolute atomic E-state index is 13.3. The Kier molecular flexibility index (Phi) is 9.31. The SMILES string of the molecule is CCC[C@@H]1C[C@@H](C(=O)N[C@@H]([C@H]2O[C@H](SC)[C@H](O)[C@@H](O)[C@H]2O)[C@H](C)Sc2ncc[nH]2)N(C)C1. The number of amides is 1. The Morgan fingerprint density at radius 3 is 2.75 bits per heavy atom. The van der Waals surface area contributed by atoms with Gasteiger partial charge in [-0.3, -0.25) is 9.69 Å². The minimum atomic E-state index is -1.37. The topological polar surface area (TPSA) is 131 Å². The number of nitrogens with zero attached hydrogens (tertiary/aromatic N) is 2. The third-order valence-electron chi connectivity index (χ3n) is 6.41. The van der Waals surface area contributed by atoms with Crippen molar-refractivity contribution in [3.05, 3.63) is 12.4 Å². The number of aromatic nitrogens is 2.